The maximum absolute atomic E-state index is 15.0. The number of phenolic OH excluding ortho intramolecular Hbond substituents is 1. The minimum atomic E-state index is -4.52. The number of carbonyl (C=O) groups excluding carboxylic acids is 5. The van der Waals surface area contributed by atoms with Crippen LogP contribution in [0.3, 0.4) is 0 Å². The number of benzene rings is 6. The van der Waals surface area contributed by atoms with Gasteiger partial charge in [0.05, 0.1) is 51.7 Å². The van der Waals surface area contributed by atoms with Crippen LogP contribution in [0.4, 0.5) is 10.5 Å². The van der Waals surface area contributed by atoms with Gasteiger partial charge in [0.25, 0.3) is 0 Å². The van der Waals surface area contributed by atoms with Gasteiger partial charge in [0.1, 0.15) is 17.5 Å². The maximum atomic E-state index is 15.0. The number of hydrogen-bond acceptors (Lipinski definition) is 15. The fraction of sp³-hybridized carbons (Fsp3) is 0.379. The van der Waals surface area contributed by atoms with Crippen molar-refractivity contribution in [3.05, 3.63) is 173 Å². The molecule has 2 fully saturated rings. The van der Waals surface area contributed by atoms with Crippen LogP contribution in [0.1, 0.15) is 109 Å². The Morgan fingerprint density at radius 3 is 2.22 bits per heavy atom. The zero-order valence-corrected chi connectivity index (χ0v) is 52.9. The van der Waals surface area contributed by atoms with E-state index in [2.05, 4.69) is 36.9 Å². The molecular formula is C66H76N10O11S3. The summed E-state index contributed by atoms with van der Waals surface area (Å²) in [6.45, 7) is 1.56. The summed E-state index contributed by atoms with van der Waals surface area (Å²) in [5, 5.41) is 47.7. The molecular weight excluding hydrogens is 1200 g/mol. The number of unbranched alkanes of at least 4 members (excludes halogenated alkanes) is 3. The lowest BCUT2D eigenvalue weighted by Gasteiger charge is -2.31. The lowest BCUT2D eigenvalue weighted by Crippen LogP contribution is -2.47. The molecule has 90 heavy (non-hydrogen) atoms. The molecule has 474 valence electrons. The van der Waals surface area contributed by atoms with E-state index >= 15 is 0 Å². The van der Waals surface area contributed by atoms with Crippen molar-refractivity contribution in [2.75, 3.05) is 44.4 Å². The average molecular weight is 1280 g/mol. The fourth-order valence-corrected chi connectivity index (χ4v) is 16.6. The van der Waals surface area contributed by atoms with E-state index in [1.54, 1.807) is 72.8 Å². The van der Waals surface area contributed by atoms with Crippen molar-refractivity contribution < 1.29 is 51.0 Å². The first-order valence-corrected chi connectivity index (χ1v) is 34.4. The molecule has 4 heterocycles. The second-order valence-corrected chi connectivity index (χ2v) is 28.8. The second-order valence-electron chi connectivity index (χ2n) is 23.6. The predicted octanol–water partition coefficient (Wildman–Crippen LogP) is 6.97. The lowest BCUT2D eigenvalue weighted by atomic mass is 9.95. The van der Waals surface area contributed by atoms with Gasteiger partial charge in [-0.05, 0) is 103 Å². The van der Waals surface area contributed by atoms with Crippen LogP contribution in [0, 0.1) is 0 Å². The number of aromatic nitrogens is 3. The number of urea groups is 1. The Morgan fingerprint density at radius 1 is 0.756 bits per heavy atom. The number of sulfonamides is 1. The summed E-state index contributed by atoms with van der Waals surface area (Å²) in [5.74, 6) is -0.711. The first-order valence-electron chi connectivity index (χ1n) is 30.4. The number of aromatic hydroxyl groups is 1. The number of phenols is 1. The van der Waals surface area contributed by atoms with Gasteiger partial charge in [-0.2, -0.15) is 16.1 Å². The number of amides is 5. The van der Waals surface area contributed by atoms with Gasteiger partial charge in [0, 0.05) is 91.6 Å². The Balaban J connectivity index is 0.813. The summed E-state index contributed by atoms with van der Waals surface area (Å²) in [6.07, 6.45) is 5.10. The number of β-amino-alcohol motifs (C(OH)–C–C–N with tert-alkyl or cyclic N) is 1. The number of aliphatic hydroxyl groups excluding tert-OH is 1. The standard InChI is InChI=1S/C66H76N10O11S3/c1-42-38-75(90(86,87)51-17-12-16-50(36-51)89(84,85)60-20-13-18-52-53(60)34-47(42)35-56(52)74(2)3)40-58(78)57(33-44-25-29-49(77)30-26-44)76-39-48(72-73-76)37-68-65(82)54(32-43-23-27-46(28-24-43)64(81)45-14-6-4-7-15-45)69-62(80)22-8-5-11-31-67-61(79)21-10-9-19-59-63-55(41-88-59)70-66(83)71-63/h4,6-7,12-18,20,23-30,34-36,39,42,54-55,57-59,63,77-78H,5,8-11,19,21-22,31-33,37-38,40-41H2,1-3H3,(H,67,79)(H,68,82)(H,69,80)(H2,70,71,83)/t42?,54-,55-,57-,58?,59-,63-/m0/s1. The Labute approximate surface area is 528 Å². The largest absolute Gasteiger partial charge is 0.508 e. The van der Waals surface area contributed by atoms with Gasteiger partial charge in [-0.3, -0.25) is 19.2 Å². The van der Waals surface area contributed by atoms with E-state index in [4.69, 9.17) is 0 Å². The summed E-state index contributed by atoms with van der Waals surface area (Å²) in [5.41, 5.74) is 3.99. The molecule has 0 saturated carbocycles. The summed E-state index contributed by atoms with van der Waals surface area (Å²) >= 11 is 1.85. The van der Waals surface area contributed by atoms with Gasteiger partial charge in [-0.15, -0.1) is 5.10 Å². The van der Waals surface area contributed by atoms with Crippen LogP contribution in [0.2, 0.25) is 0 Å². The number of carbonyl (C=O) groups is 5. The number of aliphatic hydroxyl groups is 1. The third-order valence-electron chi connectivity index (χ3n) is 16.9. The summed E-state index contributed by atoms with van der Waals surface area (Å²) in [6, 6.07) is 34.2. The van der Waals surface area contributed by atoms with Crippen LogP contribution in [-0.2, 0) is 53.6 Å². The highest BCUT2D eigenvalue weighted by molar-refractivity contribution is 8.00. The molecule has 5 amide bonds. The van der Waals surface area contributed by atoms with Gasteiger partial charge in [0.15, 0.2) is 5.78 Å². The number of fused-ring (bicyclic) bond motifs is 4. The Bertz CT molecular complexity index is 3960. The molecule has 3 aliphatic heterocycles. The van der Waals surface area contributed by atoms with Gasteiger partial charge < -0.3 is 41.7 Å². The van der Waals surface area contributed by atoms with E-state index in [1.807, 2.05) is 55.9 Å². The number of nitrogens with one attached hydrogen (secondary N) is 5. The normalized spacial score (nSPS) is 19.3. The van der Waals surface area contributed by atoms with Crippen molar-refractivity contribution in [1.82, 2.24) is 45.9 Å². The molecule has 24 heteroatoms. The molecule has 2 unspecified atom stereocenters. The van der Waals surface area contributed by atoms with E-state index in [0.29, 0.717) is 76.1 Å². The summed E-state index contributed by atoms with van der Waals surface area (Å²) in [4.78, 5) is 66.9. The number of thioether (sulfide) groups is 1. The Kier molecular flexibility index (Phi) is 20.7. The molecule has 0 spiro atoms. The van der Waals surface area contributed by atoms with Crippen LogP contribution >= 0.6 is 11.8 Å². The number of anilines is 1. The number of nitrogens with zero attached hydrogens (tertiary/aromatic N) is 5. The number of ketones is 1. The van der Waals surface area contributed by atoms with E-state index in [0.717, 1.165) is 36.8 Å². The smallest absolute Gasteiger partial charge is 0.315 e. The fourth-order valence-electron chi connectivity index (χ4n) is 11.9. The van der Waals surface area contributed by atoms with Crippen LogP contribution in [0.25, 0.3) is 10.8 Å². The quantitative estimate of drug-likeness (QED) is 0.0164. The minimum absolute atomic E-state index is 0.00934. The molecule has 21 nitrogen and oxygen atoms in total. The molecule has 4 bridgehead atoms. The van der Waals surface area contributed by atoms with Crippen molar-refractivity contribution in [1.29, 1.82) is 0 Å². The molecule has 0 radical (unpaired) electrons. The molecule has 0 aliphatic carbocycles. The highest BCUT2D eigenvalue weighted by Gasteiger charge is 2.43. The third kappa shape index (κ3) is 15.5. The van der Waals surface area contributed by atoms with Gasteiger partial charge in [-0.25, -0.2) is 26.3 Å². The van der Waals surface area contributed by atoms with Crippen molar-refractivity contribution in [2.24, 2.45) is 0 Å². The SMILES string of the molecule is CC1CN(CC(O)[C@H](Cc2ccc(O)cc2)n2cc(CNC(=O)[C@H](Cc3ccc(C(=O)c4ccccc4)cc3)NC(=O)CCCCCNC(=O)CCCC[C@@H]3SC[C@@H]4NC(=O)N[C@@H]43)nn2)S(=O)(=O)c2cccc(c2)S(=O)(=O)c2cccc3c(N(C)C)cc1cc23. The second kappa shape index (κ2) is 28.8. The van der Waals surface area contributed by atoms with Gasteiger partial charge in [-0.1, -0.05) is 110 Å². The predicted molar refractivity (Wildman–Crippen MR) is 343 cm³/mol. The first-order chi connectivity index (χ1) is 43.2. The zero-order valence-electron chi connectivity index (χ0n) is 50.5. The zero-order chi connectivity index (χ0) is 63.7. The maximum Gasteiger partial charge on any atom is 0.315 e. The van der Waals surface area contributed by atoms with Crippen molar-refractivity contribution in [3.8, 4) is 5.75 Å². The van der Waals surface area contributed by atoms with E-state index in [-0.39, 0.29) is 94.2 Å². The topological polar surface area (TPSA) is 291 Å². The van der Waals surface area contributed by atoms with E-state index in [9.17, 15) is 51.0 Å². The average Bonchev–Trinajstić information content (AvgIpc) is 1.08. The van der Waals surface area contributed by atoms with Crippen LogP contribution in [0.5, 0.6) is 5.75 Å². The molecule has 7 atom stereocenters. The molecule has 6 aromatic carbocycles. The number of hydrogen-bond donors (Lipinski definition) is 7. The molecule has 10 rings (SSSR count). The highest BCUT2D eigenvalue weighted by Crippen LogP contribution is 2.39. The van der Waals surface area contributed by atoms with Crippen LogP contribution in [-0.4, -0.2) is 145 Å². The van der Waals surface area contributed by atoms with Gasteiger partial charge >= 0.3 is 6.03 Å². The Hall–Kier alpha value is -8.16. The lowest BCUT2D eigenvalue weighted by molar-refractivity contribution is -0.129. The highest BCUT2D eigenvalue weighted by atomic mass is 32.2. The Morgan fingerprint density at radius 2 is 1.46 bits per heavy atom. The molecule has 7 N–H and O–H groups in total. The van der Waals surface area contributed by atoms with E-state index in [1.165, 1.54) is 51.6 Å². The molecule has 3 aliphatic rings. The third-order valence-corrected chi connectivity index (χ3v) is 22.1. The van der Waals surface area contributed by atoms with Gasteiger partial charge in [0.2, 0.25) is 37.6 Å². The summed E-state index contributed by atoms with van der Waals surface area (Å²) < 4.78 is 61.5. The molecule has 1 aromatic heterocycles. The first kappa shape index (κ1) is 64.8. The van der Waals surface area contributed by atoms with E-state index < -0.39 is 56.4 Å². The number of rotatable bonds is 26. The monoisotopic (exact) mass is 1280 g/mol. The van der Waals surface area contributed by atoms with Crippen molar-refractivity contribution >= 4 is 77.6 Å². The molecule has 7 aromatic rings. The van der Waals surface area contributed by atoms with Crippen molar-refractivity contribution in [3.63, 3.8) is 0 Å². The molecule has 2 saturated heterocycles. The number of sulfone groups is 1. The minimum Gasteiger partial charge on any atom is -0.508 e. The summed E-state index contributed by atoms with van der Waals surface area (Å²) in [7, 11) is -5.08. The van der Waals surface area contributed by atoms with Crippen molar-refractivity contribution in [2.45, 2.75) is 134 Å². The van der Waals surface area contributed by atoms with Crippen LogP contribution < -0.4 is 31.5 Å². The van der Waals surface area contributed by atoms with Crippen LogP contribution in [0.15, 0.2) is 154 Å².